The van der Waals surface area contributed by atoms with E-state index in [1.807, 2.05) is 18.2 Å². The maximum absolute atomic E-state index is 12.5. The van der Waals surface area contributed by atoms with E-state index in [1.165, 1.54) is 5.56 Å². The Bertz CT molecular complexity index is 666. The molecule has 3 heterocycles. The summed E-state index contributed by atoms with van der Waals surface area (Å²) in [4.78, 5) is 18.5. The summed E-state index contributed by atoms with van der Waals surface area (Å²) < 4.78 is 5.63. The summed E-state index contributed by atoms with van der Waals surface area (Å²) in [7, 11) is 0. The lowest BCUT2D eigenvalue weighted by Crippen LogP contribution is -2.40. The first-order chi connectivity index (χ1) is 9.83. The van der Waals surface area contributed by atoms with Crippen molar-refractivity contribution in [2.45, 2.75) is 12.3 Å². The number of hydrogen-bond donors (Lipinski definition) is 1. The van der Waals surface area contributed by atoms with Crippen LogP contribution in [-0.4, -0.2) is 30.5 Å². The van der Waals surface area contributed by atoms with Crippen molar-refractivity contribution >= 4 is 24.0 Å². The van der Waals surface area contributed by atoms with Crippen LogP contribution >= 0.6 is 12.4 Å². The highest BCUT2D eigenvalue weighted by atomic mass is 35.5. The molecule has 1 saturated heterocycles. The van der Waals surface area contributed by atoms with Gasteiger partial charge in [0, 0.05) is 25.3 Å². The van der Waals surface area contributed by atoms with Gasteiger partial charge in [0.1, 0.15) is 0 Å². The molecule has 0 bridgehead atoms. The van der Waals surface area contributed by atoms with Gasteiger partial charge in [0.25, 0.3) is 5.91 Å². The highest BCUT2D eigenvalue weighted by Gasteiger charge is 2.29. The molecular formula is C15H16ClN3O2. The first kappa shape index (κ1) is 14.1. The Balaban J connectivity index is 0.00000132. The van der Waals surface area contributed by atoms with Gasteiger partial charge in [0.2, 0.25) is 11.7 Å². The average Bonchev–Trinajstić information content (AvgIpc) is 3.02. The summed E-state index contributed by atoms with van der Waals surface area (Å²) in [5, 5.41) is 3.17. The molecule has 6 heteroatoms. The molecule has 0 aliphatic carbocycles. The first-order valence-corrected chi connectivity index (χ1v) is 6.89. The van der Waals surface area contributed by atoms with Crippen LogP contribution < -0.4 is 10.2 Å². The molecule has 1 aromatic carbocycles. The first-order valence-electron chi connectivity index (χ1n) is 6.89. The van der Waals surface area contributed by atoms with Gasteiger partial charge in [-0.2, -0.15) is 0 Å². The summed E-state index contributed by atoms with van der Waals surface area (Å²) in [5.74, 6) is 1.21. The van der Waals surface area contributed by atoms with E-state index < -0.39 is 0 Å². The van der Waals surface area contributed by atoms with Gasteiger partial charge in [0.15, 0.2) is 0 Å². The fourth-order valence-corrected chi connectivity index (χ4v) is 2.72. The molecule has 110 valence electrons. The number of nitrogens with one attached hydrogen (secondary N) is 1. The second-order valence-corrected chi connectivity index (χ2v) is 5.25. The molecule has 1 N–H and O–H groups in total. The number of carbonyl (C=O) groups is 1. The summed E-state index contributed by atoms with van der Waals surface area (Å²) in [6, 6.07) is 8.00. The smallest absolute Gasteiger partial charge is 0.295 e. The predicted octanol–water partition coefficient (Wildman–Crippen LogP) is 1.99. The van der Waals surface area contributed by atoms with Gasteiger partial charge >= 0.3 is 0 Å². The topological polar surface area (TPSA) is 58.4 Å². The Kier molecular flexibility index (Phi) is 3.69. The third-order valence-electron chi connectivity index (χ3n) is 4.00. The van der Waals surface area contributed by atoms with Crippen molar-refractivity contribution in [3.8, 4) is 0 Å². The molecule has 0 radical (unpaired) electrons. The zero-order chi connectivity index (χ0) is 13.5. The van der Waals surface area contributed by atoms with Gasteiger partial charge in [-0.05, 0) is 18.1 Å². The number of para-hydroxylation sites is 1. The lowest BCUT2D eigenvalue weighted by molar-refractivity contribution is 0.0959. The number of benzene rings is 1. The van der Waals surface area contributed by atoms with Crippen LogP contribution in [0, 0.1) is 0 Å². The molecule has 0 spiro atoms. The van der Waals surface area contributed by atoms with Crippen LogP contribution in [0.15, 0.2) is 34.9 Å². The maximum Gasteiger partial charge on any atom is 0.295 e. The van der Waals surface area contributed by atoms with Crippen LogP contribution in [0.4, 0.5) is 5.69 Å². The molecule has 21 heavy (non-hydrogen) atoms. The Hall–Kier alpha value is -1.85. The maximum atomic E-state index is 12.5. The van der Waals surface area contributed by atoms with Gasteiger partial charge in [0.05, 0.1) is 12.1 Å². The van der Waals surface area contributed by atoms with E-state index in [0.29, 0.717) is 24.1 Å². The molecule has 4 rings (SSSR count). The number of hydrogen-bond acceptors (Lipinski definition) is 4. The minimum absolute atomic E-state index is 0. The number of amides is 1. The number of carbonyl (C=O) groups excluding carboxylic acids is 1. The Morgan fingerprint density at radius 1 is 1.33 bits per heavy atom. The molecule has 2 aromatic rings. The number of aromatic nitrogens is 1. The van der Waals surface area contributed by atoms with Crippen LogP contribution in [0.5, 0.6) is 0 Å². The van der Waals surface area contributed by atoms with Crippen molar-refractivity contribution in [1.29, 1.82) is 0 Å². The van der Waals surface area contributed by atoms with Crippen molar-refractivity contribution in [3.63, 3.8) is 0 Å². The van der Waals surface area contributed by atoms with E-state index in [1.54, 1.807) is 11.1 Å². The summed E-state index contributed by atoms with van der Waals surface area (Å²) in [5.41, 5.74) is 2.20. The fraction of sp³-hybridized carbons (Fsp3) is 0.333. The van der Waals surface area contributed by atoms with E-state index in [4.69, 9.17) is 4.42 Å². The van der Waals surface area contributed by atoms with Crippen LogP contribution in [0.1, 0.15) is 27.9 Å². The third kappa shape index (κ3) is 2.32. The second kappa shape index (κ2) is 5.50. The highest BCUT2D eigenvalue weighted by Crippen LogP contribution is 2.29. The van der Waals surface area contributed by atoms with E-state index in [2.05, 4.69) is 16.4 Å². The van der Waals surface area contributed by atoms with E-state index in [9.17, 15) is 4.79 Å². The zero-order valence-corrected chi connectivity index (χ0v) is 12.2. The predicted molar refractivity (Wildman–Crippen MR) is 81.2 cm³/mol. The molecule has 0 atom stereocenters. The van der Waals surface area contributed by atoms with Crippen LogP contribution in [0.3, 0.4) is 0 Å². The van der Waals surface area contributed by atoms with Crippen LogP contribution in [-0.2, 0) is 6.42 Å². The molecule has 1 aromatic heterocycles. The molecule has 1 fully saturated rings. The van der Waals surface area contributed by atoms with Crippen LogP contribution in [0.2, 0.25) is 0 Å². The van der Waals surface area contributed by atoms with Crippen molar-refractivity contribution in [1.82, 2.24) is 10.3 Å². The fourth-order valence-electron chi connectivity index (χ4n) is 2.72. The standard InChI is InChI=1S/C15H15N3O2.ClH/c19-15(13-9-17-14(20-13)11-7-16-8-11)18-6-5-10-3-1-2-4-12(10)18;/h1-4,9,11,16H,5-8H2;1H. The normalized spacial score (nSPS) is 17.0. The van der Waals surface area contributed by atoms with Gasteiger partial charge in [-0.25, -0.2) is 4.98 Å². The molecule has 2 aliphatic heterocycles. The number of oxazole rings is 1. The molecule has 5 nitrogen and oxygen atoms in total. The van der Waals surface area contributed by atoms with Crippen LogP contribution in [0.25, 0.3) is 0 Å². The summed E-state index contributed by atoms with van der Waals surface area (Å²) in [6.45, 7) is 2.46. The van der Waals surface area contributed by atoms with Gasteiger partial charge in [-0.15, -0.1) is 12.4 Å². The Morgan fingerprint density at radius 3 is 2.90 bits per heavy atom. The zero-order valence-electron chi connectivity index (χ0n) is 11.4. The second-order valence-electron chi connectivity index (χ2n) is 5.25. The summed E-state index contributed by atoms with van der Waals surface area (Å²) in [6.07, 6.45) is 2.45. The largest absolute Gasteiger partial charge is 0.435 e. The van der Waals surface area contributed by atoms with E-state index in [-0.39, 0.29) is 18.3 Å². The Morgan fingerprint density at radius 2 is 2.14 bits per heavy atom. The lowest BCUT2D eigenvalue weighted by atomic mass is 10.0. The van der Waals surface area contributed by atoms with E-state index in [0.717, 1.165) is 25.2 Å². The number of halogens is 1. The van der Waals surface area contributed by atoms with Gasteiger partial charge in [-0.3, -0.25) is 4.79 Å². The average molecular weight is 306 g/mol. The van der Waals surface area contributed by atoms with Crippen molar-refractivity contribution in [2.75, 3.05) is 24.5 Å². The van der Waals surface area contributed by atoms with E-state index >= 15 is 0 Å². The van der Waals surface area contributed by atoms with Crippen molar-refractivity contribution in [3.05, 3.63) is 47.7 Å². The monoisotopic (exact) mass is 305 g/mol. The van der Waals surface area contributed by atoms with Gasteiger partial charge in [-0.1, -0.05) is 18.2 Å². The van der Waals surface area contributed by atoms with Gasteiger partial charge < -0.3 is 14.6 Å². The Labute approximate surface area is 128 Å². The summed E-state index contributed by atoms with van der Waals surface area (Å²) >= 11 is 0. The number of nitrogens with zero attached hydrogens (tertiary/aromatic N) is 2. The SMILES string of the molecule is Cl.O=C(c1cnc(C2CNC2)o1)N1CCc2ccccc21. The van der Waals surface area contributed by atoms with Crippen molar-refractivity contribution < 1.29 is 9.21 Å². The highest BCUT2D eigenvalue weighted by molar-refractivity contribution is 6.05. The minimum atomic E-state index is -0.0963. The van der Waals surface area contributed by atoms with Crippen molar-refractivity contribution in [2.24, 2.45) is 0 Å². The number of rotatable bonds is 2. The lowest BCUT2D eigenvalue weighted by Gasteiger charge is -2.23. The minimum Gasteiger partial charge on any atom is -0.435 e. The molecule has 0 saturated carbocycles. The number of anilines is 1. The molecule has 1 amide bonds. The third-order valence-corrected chi connectivity index (χ3v) is 4.00. The molecule has 2 aliphatic rings. The molecular weight excluding hydrogens is 290 g/mol. The molecule has 0 unspecified atom stereocenters. The number of fused-ring (bicyclic) bond motifs is 1. The quantitative estimate of drug-likeness (QED) is 0.922.